The molecule has 2 heteroatoms. The van der Waals surface area contributed by atoms with Crippen LogP contribution in [-0.4, -0.2) is 18.7 Å². The summed E-state index contributed by atoms with van der Waals surface area (Å²) in [6.45, 7) is 3.45. The van der Waals surface area contributed by atoms with Crippen LogP contribution in [0.2, 0.25) is 0 Å². The predicted molar refractivity (Wildman–Crippen MR) is 74.0 cm³/mol. The number of benzene rings is 1. The van der Waals surface area contributed by atoms with E-state index in [4.69, 9.17) is 4.74 Å². The van der Waals surface area contributed by atoms with Crippen LogP contribution in [0.4, 0.5) is 0 Å². The minimum Gasteiger partial charge on any atom is -0.490 e. The molecule has 18 heavy (non-hydrogen) atoms. The summed E-state index contributed by atoms with van der Waals surface area (Å²) >= 11 is 0. The van der Waals surface area contributed by atoms with Crippen molar-refractivity contribution < 1.29 is 4.74 Å². The van der Waals surface area contributed by atoms with Gasteiger partial charge >= 0.3 is 0 Å². The van der Waals surface area contributed by atoms with Crippen molar-refractivity contribution in [2.75, 3.05) is 6.54 Å². The second kappa shape index (κ2) is 5.31. The summed E-state index contributed by atoms with van der Waals surface area (Å²) in [4.78, 5) is 0. The predicted octanol–water partition coefficient (Wildman–Crippen LogP) is 3.16. The lowest BCUT2D eigenvalue weighted by Crippen LogP contribution is -2.37. The van der Waals surface area contributed by atoms with Crippen LogP contribution >= 0.6 is 0 Å². The van der Waals surface area contributed by atoms with Crippen LogP contribution < -0.4 is 10.1 Å². The Balaban J connectivity index is 1.52. The van der Waals surface area contributed by atoms with E-state index in [0.29, 0.717) is 12.1 Å². The van der Waals surface area contributed by atoms with Crippen LogP contribution in [0.25, 0.3) is 0 Å². The van der Waals surface area contributed by atoms with Crippen LogP contribution in [0.3, 0.4) is 0 Å². The van der Waals surface area contributed by atoms with Crippen LogP contribution in [-0.2, 0) is 6.42 Å². The summed E-state index contributed by atoms with van der Waals surface area (Å²) in [5.74, 6) is 1.84. The van der Waals surface area contributed by atoms with Gasteiger partial charge in [-0.2, -0.15) is 0 Å². The third-order valence-corrected chi connectivity index (χ3v) is 4.04. The molecule has 0 amide bonds. The number of nitrogens with one attached hydrogen (secondary N) is 1. The summed E-state index contributed by atoms with van der Waals surface area (Å²) in [5.41, 5.74) is 1.44. The van der Waals surface area contributed by atoms with E-state index >= 15 is 0 Å². The number of piperidine rings is 1. The maximum atomic E-state index is 5.77. The summed E-state index contributed by atoms with van der Waals surface area (Å²) in [6, 6.07) is 9.43. The van der Waals surface area contributed by atoms with Crippen LogP contribution in [0.1, 0.15) is 38.2 Å². The SMILES string of the molecule is CC1CCC(Cc2ccc(OC3CC3)cc2)CN1. The van der Waals surface area contributed by atoms with Gasteiger partial charge in [0, 0.05) is 6.04 Å². The Morgan fingerprint density at radius 3 is 2.50 bits per heavy atom. The summed E-state index contributed by atoms with van der Waals surface area (Å²) in [5, 5.41) is 3.57. The molecule has 0 bridgehead atoms. The number of hydrogen-bond acceptors (Lipinski definition) is 2. The Morgan fingerprint density at radius 2 is 1.89 bits per heavy atom. The van der Waals surface area contributed by atoms with E-state index in [2.05, 4.69) is 36.5 Å². The molecule has 1 saturated carbocycles. The van der Waals surface area contributed by atoms with E-state index in [-0.39, 0.29) is 0 Å². The highest BCUT2D eigenvalue weighted by atomic mass is 16.5. The molecule has 1 aliphatic carbocycles. The first-order chi connectivity index (χ1) is 8.79. The fourth-order valence-corrected chi connectivity index (χ4v) is 2.65. The van der Waals surface area contributed by atoms with Crippen molar-refractivity contribution in [3.05, 3.63) is 29.8 Å². The van der Waals surface area contributed by atoms with Crippen LogP contribution in [0, 0.1) is 5.92 Å². The standard InChI is InChI=1S/C16H23NO/c1-12-2-3-14(11-17-12)10-13-4-6-15(7-5-13)18-16-8-9-16/h4-7,12,14,16-17H,2-3,8-11H2,1H3. The second-order valence-corrected chi connectivity index (χ2v) is 5.92. The maximum absolute atomic E-state index is 5.77. The van der Waals surface area contributed by atoms with Gasteiger partial charge in [-0.15, -0.1) is 0 Å². The lowest BCUT2D eigenvalue weighted by Gasteiger charge is -2.27. The van der Waals surface area contributed by atoms with Gasteiger partial charge in [-0.1, -0.05) is 12.1 Å². The first kappa shape index (κ1) is 12.0. The van der Waals surface area contributed by atoms with Gasteiger partial charge in [-0.3, -0.25) is 0 Å². The lowest BCUT2D eigenvalue weighted by atomic mass is 9.90. The maximum Gasteiger partial charge on any atom is 0.119 e. The molecule has 1 heterocycles. The molecule has 2 fully saturated rings. The first-order valence-corrected chi connectivity index (χ1v) is 7.28. The molecule has 1 aromatic rings. The van der Waals surface area contributed by atoms with Gasteiger partial charge in [0.25, 0.3) is 0 Å². The fraction of sp³-hybridized carbons (Fsp3) is 0.625. The molecular weight excluding hydrogens is 222 g/mol. The number of ether oxygens (including phenoxy) is 1. The monoisotopic (exact) mass is 245 g/mol. The smallest absolute Gasteiger partial charge is 0.119 e. The molecule has 0 aromatic heterocycles. The Hall–Kier alpha value is -1.02. The largest absolute Gasteiger partial charge is 0.490 e. The highest BCUT2D eigenvalue weighted by Crippen LogP contribution is 2.27. The Labute approximate surface area is 110 Å². The molecule has 2 unspecified atom stereocenters. The van der Waals surface area contributed by atoms with Crippen LogP contribution in [0.5, 0.6) is 5.75 Å². The lowest BCUT2D eigenvalue weighted by molar-refractivity contribution is 0.302. The summed E-state index contributed by atoms with van der Waals surface area (Å²) < 4.78 is 5.77. The van der Waals surface area contributed by atoms with E-state index in [9.17, 15) is 0 Å². The van der Waals surface area contributed by atoms with Gasteiger partial charge in [-0.05, 0) is 69.2 Å². The average molecular weight is 245 g/mol. The molecule has 2 atom stereocenters. The van der Waals surface area contributed by atoms with Gasteiger partial charge in [0.2, 0.25) is 0 Å². The van der Waals surface area contributed by atoms with Gasteiger partial charge in [0.15, 0.2) is 0 Å². The number of rotatable bonds is 4. The van der Waals surface area contributed by atoms with E-state index in [1.165, 1.54) is 44.2 Å². The normalized spacial score (nSPS) is 28.1. The third kappa shape index (κ3) is 3.26. The van der Waals surface area contributed by atoms with Crippen molar-refractivity contribution in [2.45, 2.75) is 51.2 Å². The molecule has 98 valence electrons. The zero-order chi connectivity index (χ0) is 12.4. The van der Waals surface area contributed by atoms with Gasteiger partial charge in [0.1, 0.15) is 5.75 Å². The molecule has 1 saturated heterocycles. The van der Waals surface area contributed by atoms with E-state index < -0.39 is 0 Å². The molecule has 1 N–H and O–H groups in total. The highest BCUT2D eigenvalue weighted by molar-refractivity contribution is 5.28. The molecule has 2 nitrogen and oxygen atoms in total. The van der Waals surface area contributed by atoms with E-state index in [0.717, 1.165) is 11.7 Å². The second-order valence-electron chi connectivity index (χ2n) is 5.92. The Morgan fingerprint density at radius 1 is 1.11 bits per heavy atom. The molecule has 3 rings (SSSR count). The third-order valence-electron chi connectivity index (χ3n) is 4.04. The van der Waals surface area contributed by atoms with Gasteiger partial charge in [0.05, 0.1) is 6.10 Å². The van der Waals surface area contributed by atoms with Crippen LogP contribution in [0.15, 0.2) is 24.3 Å². The van der Waals surface area contributed by atoms with Crippen molar-refractivity contribution in [3.63, 3.8) is 0 Å². The fourth-order valence-electron chi connectivity index (χ4n) is 2.65. The highest BCUT2D eigenvalue weighted by Gasteiger charge is 2.23. The van der Waals surface area contributed by atoms with E-state index in [1.54, 1.807) is 0 Å². The quantitative estimate of drug-likeness (QED) is 0.880. The molecule has 0 radical (unpaired) electrons. The summed E-state index contributed by atoms with van der Waals surface area (Å²) in [7, 11) is 0. The van der Waals surface area contributed by atoms with Crippen molar-refractivity contribution in [2.24, 2.45) is 5.92 Å². The van der Waals surface area contributed by atoms with Gasteiger partial charge in [-0.25, -0.2) is 0 Å². The molecule has 1 aromatic carbocycles. The molecule has 1 aliphatic heterocycles. The molecule has 2 aliphatic rings. The zero-order valence-electron chi connectivity index (χ0n) is 11.2. The van der Waals surface area contributed by atoms with Gasteiger partial charge < -0.3 is 10.1 Å². The molecular formula is C16H23NO. The zero-order valence-corrected chi connectivity index (χ0v) is 11.2. The van der Waals surface area contributed by atoms with Crippen molar-refractivity contribution in [1.29, 1.82) is 0 Å². The minimum absolute atomic E-state index is 0.500. The number of hydrogen-bond donors (Lipinski definition) is 1. The molecule has 0 spiro atoms. The van der Waals surface area contributed by atoms with E-state index in [1.807, 2.05) is 0 Å². The minimum atomic E-state index is 0.500. The average Bonchev–Trinajstić information content (AvgIpc) is 3.19. The Bertz CT molecular complexity index is 375. The van der Waals surface area contributed by atoms with Crippen molar-refractivity contribution in [1.82, 2.24) is 5.32 Å². The Kier molecular flexibility index (Phi) is 3.55. The van der Waals surface area contributed by atoms with Crippen molar-refractivity contribution in [3.8, 4) is 5.75 Å². The first-order valence-electron chi connectivity index (χ1n) is 7.28. The summed E-state index contributed by atoms with van der Waals surface area (Å²) in [6.07, 6.45) is 6.83. The van der Waals surface area contributed by atoms with Crippen molar-refractivity contribution >= 4 is 0 Å². The topological polar surface area (TPSA) is 21.3 Å².